The Kier molecular flexibility index (Phi) is 3.35. The normalized spacial score (nSPS) is 13.3. The third kappa shape index (κ3) is 1.94. The highest BCUT2D eigenvalue weighted by atomic mass is 19.1. The number of nitrogens with two attached hydrogens (primary N) is 1. The van der Waals surface area contributed by atoms with E-state index in [0.29, 0.717) is 5.56 Å². The molecule has 0 aliphatic heterocycles. The van der Waals surface area contributed by atoms with Crippen LogP contribution in [0.25, 0.3) is 0 Å². The van der Waals surface area contributed by atoms with Crippen LogP contribution in [0.2, 0.25) is 0 Å². The largest absolute Gasteiger partial charge is 0.315 e. The molecule has 1 aromatic rings. The Morgan fingerprint density at radius 3 is 2.44 bits per heavy atom. The predicted molar refractivity (Wildman–Crippen MR) is 62.5 cm³/mol. The van der Waals surface area contributed by atoms with Gasteiger partial charge in [-0.25, -0.2) is 4.39 Å². The van der Waals surface area contributed by atoms with Crippen LogP contribution < -0.4 is 5.73 Å². The molecule has 1 rings (SSSR count). The van der Waals surface area contributed by atoms with E-state index in [2.05, 4.69) is 0 Å². The zero-order valence-electron chi connectivity index (χ0n) is 10.1. The van der Waals surface area contributed by atoms with Crippen molar-refractivity contribution in [1.29, 1.82) is 5.26 Å². The summed E-state index contributed by atoms with van der Waals surface area (Å²) in [6.45, 7) is 7.38. The first-order valence-electron chi connectivity index (χ1n) is 5.23. The molecule has 0 amide bonds. The van der Waals surface area contributed by atoms with Crippen molar-refractivity contribution in [3.63, 3.8) is 0 Å². The molecule has 86 valence electrons. The summed E-state index contributed by atoms with van der Waals surface area (Å²) in [5.74, 6) is -0.293. The highest BCUT2D eigenvalue weighted by molar-refractivity contribution is 5.41. The Morgan fingerprint density at radius 1 is 1.38 bits per heavy atom. The Balaban J connectivity index is 3.44. The molecule has 0 saturated heterocycles. The lowest BCUT2D eigenvalue weighted by molar-refractivity contribution is 0.441. The van der Waals surface area contributed by atoms with Crippen LogP contribution in [0.4, 0.5) is 4.39 Å². The maximum Gasteiger partial charge on any atom is 0.127 e. The number of nitrogens with zero attached hydrogens (tertiary/aromatic N) is 1. The molecular formula is C13H17FN2. The van der Waals surface area contributed by atoms with Gasteiger partial charge in [0.1, 0.15) is 11.9 Å². The van der Waals surface area contributed by atoms with Crippen LogP contribution in [0.3, 0.4) is 0 Å². The van der Waals surface area contributed by atoms with Gasteiger partial charge in [0.2, 0.25) is 0 Å². The molecule has 2 N–H and O–H groups in total. The summed E-state index contributed by atoms with van der Waals surface area (Å²) in [4.78, 5) is 0. The topological polar surface area (TPSA) is 49.8 Å². The number of halogens is 1. The lowest BCUT2D eigenvalue weighted by Gasteiger charge is -2.30. The minimum Gasteiger partial charge on any atom is -0.315 e. The van der Waals surface area contributed by atoms with Crippen molar-refractivity contribution in [1.82, 2.24) is 0 Å². The summed E-state index contributed by atoms with van der Waals surface area (Å²) in [6.07, 6.45) is 0. The van der Waals surface area contributed by atoms with E-state index < -0.39 is 11.5 Å². The summed E-state index contributed by atoms with van der Waals surface area (Å²) in [5.41, 5.74) is 7.48. The third-order valence-electron chi connectivity index (χ3n) is 3.25. The van der Waals surface area contributed by atoms with E-state index >= 15 is 0 Å². The number of hydrogen-bond acceptors (Lipinski definition) is 2. The van der Waals surface area contributed by atoms with Crippen LogP contribution in [0, 0.1) is 31.0 Å². The van der Waals surface area contributed by atoms with E-state index in [0.717, 1.165) is 11.1 Å². The van der Waals surface area contributed by atoms with Gasteiger partial charge in [-0.05, 0) is 36.6 Å². The molecule has 0 bridgehead atoms. The summed E-state index contributed by atoms with van der Waals surface area (Å²) in [6, 6.07) is 4.44. The molecule has 1 atom stereocenters. The van der Waals surface area contributed by atoms with E-state index in [4.69, 9.17) is 11.0 Å². The third-order valence-corrected chi connectivity index (χ3v) is 3.25. The van der Waals surface area contributed by atoms with Crippen molar-refractivity contribution in [3.8, 4) is 6.07 Å². The fourth-order valence-corrected chi connectivity index (χ4v) is 1.89. The monoisotopic (exact) mass is 220 g/mol. The summed E-state index contributed by atoms with van der Waals surface area (Å²) >= 11 is 0. The van der Waals surface area contributed by atoms with Crippen LogP contribution in [-0.4, -0.2) is 6.04 Å². The smallest absolute Gasteiger partial charge is 0.127 e. The first kappa shape index (κ1) is 12.7. The maximum absolute atomic E-state index is 13.9. The summed E-state index contributed by atoms with van der Waals surface area (Å²) in [5, 5.41) is 8.89. The lowest BCUT2D eigenvalue weighted by atomic mass is 9.75. The van der Waals surface area contributed by atoms with Gasteiger partial charge in [-0.3, -0.25) is 0 Å². The van der Waals surface area contributed by atoms with Crippen molar-refractivity contribution in [2.24, 2.45) is 5.73 Å². The minimum atomic E-state index is -0.720. The average Bonchev–Trinajstić information content (AvgIpc) is 2.22. The van der Waals surface area contributed by atoms with Crippen LogP contribution in [0.1, 0.15) is 30.5 Å². The van der Waals surface area contributed by atoms with E-state index in [1.807, 2.05) is 19.9 Å². The minimum absolute atomic E-state index is 0.293. The second-order valence-corrected chi connectivity index (χ2v) is 4.69. The number of rotatable bonds is 2. The van der Waals surface area contributed by atoms with Gasteiger partial charge >= 0.3 is 0 Å². The SMILES string of the molecule is Cc1ccc(F)c(C(C)(C)C(N)C#N)c1C. The van der Waals surface area contributed by atoms with Gasteiger partial charge in [-0.15, -0.1) is 0 Å². The van der Waals surface area contributed by atoms with Gasteiger partial charge < -0.3 is 5.73 Å². The maximum atomic E-state index is 13.9. The molecule has 0 heterocycles. The molecule has 1 unspecified atom stereocenters. The van der Waals surface area contributed by atoms with Crippen molar-refractivity contribution in [2.75, 3.05) is 0 Å². The van der Waals surface area contributed by atoms with Crippen molar-refractivity contribution >= 4 is 0 Å². The van der Waals surface area contributed by atoms with Crippen LogP contribution in [-0.2, 0) is 5.41 Å². The molecule has 0 aromatic heterocycles. The first-order chi connectivity index (χ1) is 7.32. The van der Waals surface area contributed by atoms with Crippen molar-refractivity contribution < 1.29 is 4.39 Å². The predicted octanol–water partition coefficient (Wildman–Crippen LogP) is 2.57. The quantitative estimate of drug-likeness (QED) is 0.832. The van der Waals surface area contributed by atoms with Gasteiger partial charge in [0, 0.05) is 5.41 Å². The van der Waals surface area contributed by atoms with Gasteiger partial charge in [0.05, 0.1) is 6.07 Å². The fraction of sp³-hybridized carbons (Fsp3) is 0.462. The van der Waals surface area contributed by atoms with Crippen LogP contribution in [0.5, 0.6) is 0 Å². The van der Waals surface area contributed by atoms with Crippen LogP contribution >= 0.6 is 0 Å². The molecule has 2 nitrogen and oxygen atoms in total. The zero-order valence-corrected chi connectivity index (χ0v) is 10.1. The molecule has 3 heteroatoms. The molecule has 0 fully saturated rings. The zero-order chi connectivity index (χ0) is 12.5. The lowest BCUT2D eigenvalue weighted by Crippen LogP contribution is -2.41. The van der Waals surface area contributed by atoms with Gasteiger partial charge in [0.25, 0.3) is 0 Å². The molecule has 1 aromatic carbocycles. The molecule has 0 aliphatic rings. The van der Waals surface area contributed by atoms with Crippen molar-refractivity contribution in [3.05, 3.63) is 34.6 Å². The number of nitriles is 1. The molecule has 0 aliphatic carbocycles. The Labute approximate surface area is 95.9 Å². The molecule has 16 heavy (non-hydrogen) atoms. The summed E-state index contributed by atoms with van der Waals surface area (Å²) < 4.78 is 13.9. The van der Waals surface area contributed by atoms with Crippen LogP contribution in [0.15, 0.2) is 12.1 Å². The van der Waals surface area contributed by atoms with E-state index in [-0.39, 0.29) is 5.82 Å². The van der Waals surface area contributed by atoms with Gasteiger partial charge in [0.15, 0.2) is 0 Å². The van der Waals surface area contributed by atoms with E-state index in [9.17, 15) is 4.39 Å². The highest BCUT2D eigenvalue weighted by Gasteiger charge is 2.33. The first-order valence-corrected chi connectivity index (χ1v) is 5.23. The fourth-order valence-electron chi connectivity index (χ4n) is 1.89. The Bertz CT molecular complexity index is 444. The Hall–Kier alpha value is -1.40. The average molecular weight is 220 g/mol. The molecule has 0 radical (unpaired) electrons. The van der Waals surface area contributed by atoms with E-state index in [1.165, 1.54) is 6.07 Å². The second kappa shape index (κ2) is 4.23. The van der Waals surface area contributed by atoms with Gasteiger partial charge in [-0.1, -0.05) is 19.9 Å². The number of hydrogen-bond donors (Lipinski definition) is 1. The molecule has 0 spiro atoms. The molecule has 0 saturated carbocycles. The number of aryl methyl sites for hydroxylation is 1. The standard InChI is InChI=1S/C13H17FN2/c1-8-5-6-10(14)12(9(8)2)13(3,4)11(16)7-15/h5-6,11H,16H2,1-4H3. The Morgan fingerprint density at radius 2 is 1.94 bits per heavy atom. The second-order valence-electron chi connectivity index (χ2n) is 4.69. The summed E-state index contributed by atoms with van der Waals surface area (Å²) in [7, 11) is 0. The van der Waals surface area contributed by atoms with Crippen molar-refractivity contribution in [2.45, 2.75) is 39.2 Å². The molecular weight excluding hydrogens is 203 g/mol. The highest BCUT2D eigenvalue weighted by Crippen LogP contribution is 2.32. The van der Waals surface area contributed by atoms with E-state index in [1.54, 1.807) is 19.9 Å². The number of benzene rings is 1. The van der Waals surface area contributed by atoms with Gasteiger partial charge in [-0.2, -0.15) is 5.26 Å².